The molecule has 8 aromatic rings. The highest BCUT2D eigenvalue weighted by atomic mass is 32.1. The number of anilines is 2. The van der Waals surface area contributed by atoms with Crippen LogP contribution in [0.3, 0.4) is 0 Å². The van der Waals surface area contributed by atoms with Gasteiger partial charge in [-0.05, 0) is 129 Å². The van der Waals surface area contributed by atoms with Crippen LogP contribution in [0.1, 0.15) is 82.0 Å². The van der Waals surface area contributed by atoms with E-state index < -0.39 is 34.4 Å². The molecule has 0 bridgehead atoms. The average molecular weight is 1260 g/mol. The molecule has 4 N–H and O–H groups in total. The lowest BCUT2D eigenvalue weighted by Crippen LogP contribution is -2.28. The largest absolute Gasteiger partial charge is 0.482 e. The molecule has 20 heteroatoms. The summed E-state index contributed by atoms with van der Waals surface area (Å²) in [6, 6.07) is 39.9. The van der Waals surface area contributed by atoms with Crippen LogP contribution < -0.4 is 20.9 Å². The van der Waals surface area contributed by atoms with Gasteiger partial charge in [-0.3, -0.25) is 9.59 Å². The van der Waals surface area contributed by atoms with E-state index in [4.69, 9.17) is 20.9 Å². The van der Waals surface area contributed by atoms with E-state index in [0.29, 0.717) is 40.8 Å². The van der Waals surface area contributed by atoms with Crippen molar-refractivity contribution in [2.24, 2.45) is 0 Å². The molecule has 0 unspecified atom stereocenters. The first-order chi connectivity index (χ1) is 43.7. The summed E-state index contributed by atoms with van der Waals surface area (Å²) in [5, 5.41) is 78.2. The molecule has 4 aliphatic rings. The van der Waals surface area contributed by atoms with Crippen LogP contribution >= 0.6 is 45.3 Å². The summed E-state index contributed by atoms with van der Waals surface area (Å²) in [5.41, 5.74) is 15.9. The number of nitriles is 8. The Bertz CT molecular complexity index is 5260. The highest BCUT2D eigenvalue weighted by Gasteiger charge is 2.40. The Morgan fingerprint density at radius 2 is 1.00 bits per heavy atom. The third-order valence-electron chi connectivity index (χ3n) is 15.9. The maximum absolute atomic E-state index is 16.7. The predicted octanol–water partition coefficient (Wildman–Crippen LogP) is 16.6. The van der Waals surface area contributed by atoms with E-state index in [2.05, 4.69) is 6.58 Å². The predicted molar refractivity (Wildman–Crippen MR) is 345 cm³/mol. The van der Waals surface area contributed by atoms with Gasteiger partial charge in [-0.1, -0.05) is 36.9 Å². The Labute approximate surface area is 535 Å². The number of ketones is 2. The number of fused-ring (bicyclic) bond motifs is 7. The van der Waals surface area contributed by atoms with E-state index >= 15 is 8.78 Å². The maximum Gasteiger partial charge on any atom is 0.194 e. The van der Waals surface area contributed by atoms with Gasteiger partial charge >= 0.3 is 0 Å². The zero-order valence-electron chi connectivity index (χ0n) is 48.1. The smallest absolute Gasteiger partial charge is 0.194 e. The lowest BCUT2D eigenvalue weighted by Gasteiger charge is -2.33. The highest BCUT2D eigenvalue weighted by molar-refractivity contribution is 7.19. The number of thiophene rings is 4. The number of ether oxygens (including phenoxy) is 2. The fraction of sp³-hybridized carbons (Fsp3) is 0.0986. The van der Waals surface area contributed by atoms with Crippen LogP contribution in [0.25, 0.3) is 80.4 Å². The summed E-state index contributed by atoms with van der Waals surface area (Å²) < 4.78 is 46.7. The van der Waals surface area contributed by atoms with Crippen molar-refractivity contribution in [1.29, 1.82) is 42.1 Å². The van der Waals surface area contributed by atoms with Crippen LogP contribution in [0.4, 0.5) is 20.2 Å². The Balaban J connectivity index is 0.819. The number of Topliss-reactive ketones (excluding diaryl/α,β-unsaturated/α-hetero) is 2. The Morgan fingerprint density at radius 3 is 1.44 bits per heavy atom. The topological polar surface area (TPSA) is 295 Å². The maximum atomic E-state index is 16.7. The van der Waals surface area contributed by atoms with Crippen molar-refractivity contribution in [2.75, 3.05) is 11.5 Å². The summed E-state index contributed by atoms with van der Waals surface area (Å²) in [7, 11) is 0. The van der Waals surface area contributed by atoms with Crippen molar-refractivity contribution in [3.8, 4) is 123 Å². The van der Waals surface area contributed by atoms with E-state index in [1.807, 2.05) is 113 Å². The normalized spacial score (nSPS) is 15.4. The summed E-state index contributed by atoms with van der Waals surface area (Å²) in [6.07, 6.45) is 5.51. The van der Waals surface area contributed by atoms with E-state index in [1.54, 1.807) is 48.6 Å². The van der Waals surface area contributed by atoms with Crippen molar-refractivity contribution in [1.82, 2.24) is 0 Å². The Kier molecular flexibility index (Phi) is 14.7. The summed E-state index contributed by atoms with van der Waals surface area (Å²) in [6.45, 7) is 11.4. The minimum absolute atomic E-state index is 0.000662. The lowest BCUT2D eigenvalue weighted by molar-refractivity contribution is -0.111. The molecule has 0 saturated carbocycles. The van der Waals surface area contributed by atoms with E-state index in [0.717, 1.165) is 43.1 Å². The first-order valence-corrected chi connectivity index (χ1v) is 30.6. The molecule has 0 radical (unpaired) electrons. The van der Waals surface area contributed by atoms with Crippen LogP contribution in [0.15, 0.2) is 148 Å². The molecule has 2 aliphatic heterocycles. The van der Waals surface area contributed by atoms with Crippen molar-refractivity contribution >= 4 is 86.0 Å². The average Bonchev–Trinajstić information content (AvgIpc) is 1.86. The molecular formula is C71H38F2N10O4S4. The minimum Gasteiger partial charge on any atom is -0.482 e. The zero-order valence-corrected chi connectivity index (χ0v) is 51.3. The summed E-state index contributed by atoms with van der Waals surface area (Å²) in [5.74, 6) is -2.35. The van der Waals surface area contributed by atoms with Gasteiger partial charge in [0.15, 0.2) is 23.2 Å². The monoisotopic (exact) mass is 1260 g/mol. The first kappa shape index (κ1) is 59.5. The van der Waals surface area contributed by atoms with Gasteiger partial charge in [0.2, 0.25) is 0 Å². The minimum atomic E-state index is -1.17. The highest BCUT2D eigenvalue weighted by Crippen LogP contribution is 2.55. The molecule has 4 aromatic heterocycles. The van der Waals surface area contributed by atoms with Gasteiger partial charge in [0.05, 0.1) is 61.9 Å². The number of nitrogen functional groups attached to an aromatic ring is 2. The molecule has 0 spiro atoms. The number of rotatable bonds is 9. The third kappa shape index (κ3) is 9.62. The number of hydrogen-bond acceptors (Lipinski definition) is 18. The number of carbonyl (C=O) groups excluding carboxylic acids is 2. The first-order valence-electron chi connectivity index (χ1n) is 27.3. The molecule has 14 nitrogen and oxygen atoms in total. The number of hydrogen-bond donors (Lipinski definition) is 2. The fourth-order valence-corrected chi connectivity index (χ4v) is 16.0. The van der Waals surface area contributed by atoms with E-state index in [-0.39, 0.29) is 101 Å². The molecule has 2 aliphatic carbocycles. The molecule has 0 atom stereocenters. The fourth-order valence-electron chi connectivity index (χ4n) is 11.7. The van der Waals surface area contributed by atoms with Crippen LogP contribution in [0.5, 0.6) is 11.5 Å². The second-order valence-electron chi connectivity index (χ2n) is 22.0. The number of benzene rings is 4. The second-order valence-corrected chi connectivity index (χ2v) is 26.3. The van der Waals surface area contributed by atoms with Crippen molar-refractivity contribution < 1.29 is 27.8 Å². The number of allylic oxidation sites excluding steroid dienone is 11. The molecule has 0 fully saturated rings. The van der Waals surface area contributed by atoms with Crippen LogP contribution in [0, 0.1) is 102 Å². The van der Waals surface area contributed by atoms with Gasteiger partial charge < -0.3 is 20.9 Å². The quantitative estimate of drug-likeness (QED) is 0.0772. The van der Waals surface area contributed by atoms with Crippen LogP contribution in [-0.4, -0.2) is 11.6 Å². The van der Waals surface area contributed by atoms with Gasteiger partial charge in [0.1, 0.15) is 70.3 Å². The standard InChI is InChI=1S/C71H38F2N10O4S4/c1-6-42-46(17-33(26-75)15-16-74)66(84)48(58(42)38(29-78)30-79)22-40-24-52-68(88-40)43-9-7-34(20-50(43)70(2,3)86-52)54-11-13-56(90-54)60-62(72)63(73)61(65(83)64(60)82)57-14-12-55(91-57)35-8-10-44-51(21-35)71(4,5)87-53-25-41(89-69(44)53)23-49-59(39(31-80)32-81)45-18-36(27-76)37(28-77)19-47(45)67(49)85/h6-14,17-25H,1,15,82-83H2,2-5H3/b33-17+,48-22-,49-23-. The summed E-state index contributed by atoms with van der Waals surface area (Å²) >= 11 is 5.04. The Morgan fingerprint density at radius 1 is 0.549 bits per heavy atom. The molecular weight excluding hydrogens is 1220 g/mol. The zero-order chi connectivity index (χ0) is 64.7. The second kappa shape index (κ2) is 22.4. The summed E-state index contributed by atoms with van der Waals surface area (Å²) in [4.78, 5) is 32.8. The van der Waals surface area contributed by atoms with E-state index in [9.17, 15) is 51.7 Å². The van der Waals surface area contributed by atoms with Crippen molar-refractivity contribution in [3.05, 3.63) is 203 Å². The molecule has 12 rings (SSSR count). The van der Waals surface area contributed by atoms with Gasteiger partial charge in [-0.15, -0.1) is 45.3 Å². The van der Waals surface area contributed by atoms with Gasteiger partial charge in [-0.25, -0.2) is 8.78 Å². The van der Waals surface area contributed by atoms with Gasteiger partial charge in [0, 0.05) is 90.5 Å². The van der Waals surface area contributed by atoms with Gasteiger partial charge in [-0.2, -0.15) is 42.1 Å². The molecule has 4 aromatic carbocycles. The number of nitrogens with two attached hydrogens (primary N) is 2. The van der Waals surface area contributed by atoms with E-state index in [1.165, 1.54) is 69.6 Å². The molecule has 0 saturated heterocycles. The molecule has 0 amide bonds. The van der Waals surface area contributed by atoms with Crippen LogP contribution in [0.2, 0.25) is 0 Å². The number of halogens is 2. The van der Waals surface area contributed by atoms with Crippen LogP contribution in [-0.2, 0) is 16.0 Å². The lowest BCUT2D eigenvalue weighted by atomic mass is 9.88. The Hall–Kier alpha value is -11.8. The van der Waals surface area contributed by atoms with Crippen molar-refractivity contribution in [3.63, 3.8) is 0 Å². The third-order valence-corrected chi connectivity index (χ3v) is 20.4. The van der Waals surface area contributed by atoms with Crippen molar-refractivity contribution in [2.45, 2.75) is 45.3 Å². The molecule has 91 heavy (non-hydrogen) atoms. The SMILES string of the molecule is C=CC1=C(/C=C(/C#N)CC#N)C(=O)/C(=C\c2cc3c(s2)-c2ccc(-c4ccc(-c5c(N)c(N)c(-c6ccc(-c7ccc8c(c7)C(C)(C)Oc7cc(/C=C9\C(=O)c%10cc(C#N)c(C#N)cc%10C9=C(C#N)C#N)sc7-8)s6)c(F)c5F)s4)cc2C(C)(C)O3)C1=C(C#N)C#N. The molecule has 6 heterocycles. The number of carbonyl (C=O) groups is 2. The van der Waals surface area contributed by atoms with Gasteiger partial charge in [0.25, 0.3) is 0 Å². The molecule has 434 valence electrons. The number of nitrogens with zero attached hydrogens (tertiary/aromatic N) is 8.